The Hall–Kier alpha value is -1.18. The van der Waals surface area contributed by atoms with Crippen LogP contribution in [0.1, 0.15) is 40.2 Å². The molecular formula is C18H30IN3O2. The Morgan fingerprint density at radius 2 is 2.00 bits per heavy atom. The van der Waals surface area contributed by atoms with Crippen molar-refractivity contribution in [1.29, 1.82) is 0 Å². The van der Waals surface area contributed by atoms with E-state index in [0.29, 0.717) is 12.3 Å². The molecule has 1 saturated heterocycles. The molecule has 2 N–H and O–H groups in total. The van der Waals surface area contributed by atoms with Crippen LogP contribution in [0.4, 0.5) is 0 Å². The van der Waals surface area contributed by atoms with Crippen molar-refractivity contribution in [3.63, 3.8) is 0 Å². The molecule has 0 unspecified atom stereocenters. The van der Waals surface area contributed by atoms with Crippen molar-refractivity contribution in [3.05, 3.63) is 23.8 Å². The van der Waals surface area contributed by atoms with E-state index in [2.05, 4.69) is 44.8 Å². The predicted molar refractivity (Wildman–Crippen MR) is 109 cm³/mol. The van der Waals surface area contributed by atoms with Crippen LogP contribution in [0.3, 0.4) is 0 Å². The fourth-order valence-corrected chi connectivity index (χ4v) is 2.80. The van der Waals surface area contributed by atoms with Crippen LogP contribution in [0.25, 0.3) is 0 Å². The van der Waals surface area contributed by atoms with Gasteiger partial charge >= 0.3 is 0 Å². The zero-order valence-electron chi connectivity index (χ0n) is 15.5. The van der Waals surface area contributed by atoms with E-state index >= 15 is 0 Å². The summed E-state index contributed by atoms with van der Waals surface area (Å²) in [5.41, 5.74) is 1.29. The van der Waals surface area contributed by atoms with Gasteiger partial charge < -0.3 is 20.1 Å². The first-order valence-corrected chi connectivity index (χ1v) is 8.15. The van der Waals surface area contributed by atoms with Gasteiger partial charge in [0.15, 0.2) is 17.5 Å². The van der Waals surface area contributed by atoms with Crippen molar-refractivity contribution in [3.8, 4) is 11.5 Å². The molecule has 136 valence electrons. The average molecular weight is 447 g/mol. The van der Waals surface area contributed by atoms with E-state index in [9.17, 15) is 5.11 Å². The maximum Gasteiger partial charge on any atom is 0.194 e. The first-order chi connectivity index (χ1) is 10.7. The van der Waals surface area contributed by atoms with Crippen LogP contribution in [-0.4, -0.2) is 41.7 Å². The Kier molecular flexibility index (Phi) is 6.78. The van der Waals surface area contributed by atoms with E-state index in [-0.39, 0.29) is 40.7 Å². The van der Waals surface area contributed by atoms with Crippen LogP contribution >= 0.6 is 24.0 Å². The predicted octanol–water partition coefficient (Wildman–Crippen LogP) is 3.60. The van der Waals surface area contributed by atoms with E-state index in [1.165, 1.54) is 0 Å². The second kappa shape index (κ2) is 7.80. The molecule has 1 aliphatic rings. The van der Waals surface area contributed by atoms with Crippen LogP contribution in [0.15, 0.2) is 23.2 Å². The van der Waals surface area contributed by atoms with Crippen LogP contribution in [0.2, 0.25) is 0 Å². The number of benzene rings is 1. The molecule has 24 heavy (non-hydrogen) atoms. The van der Waals surface area contributed by atoms with Crippen LogP contribution in [0.5, 0.6) is 11.5 Å². The normalized spacial score (nSPS) is 18.4. The number of phenols is 1. The maximum absolute atomic E-state index is 9.88. The van der Waals surface area contributed by atoms with Crippen molar-refractivity contribution < 1.29 is 9.84 Å². The van der Waals surface area contributed by atoms with Gasteiger partial charge in [-0.2, -0.15) is 0 Å². The third kappa shape index (κ3) is 3.90. The summed E-state index contributed by atoms with van der Waals surface area (Å²) in [7, 11) is 1.55. The number of hydrogen-bond donors (Lipinski definition) is 2. The number of nitrogens with zero attached hydrogens (tertiary/aromatic N) is 2. The zero-order chi connectivity index (χ0) is 17.3. The first-order valence-electron chi connectivity index (χ1n) is 8.15. The quantitative estimate of drug-likeness (QED) is 0.421. The molecule has 0 radical (unpaired) electrons. The minimum Gasteiger partial charge on any atom is -0.504 e. The highest BCUT2D eigenvalue weighted by Gasteiger charge is 2.53. The third-order valence-electron chi connectivity index (χ3n) is 5.13. The minimum absolute atomic E-state index is 0. The fourth-order valence-electron chi connectivity index (χ4n) is 2.80. The number of aromatic hydroxyl groups is 1. The Labute approximate surface area is 162 Å². The molecule has 5 nitrogen and oxygen atoms in total. The summed E-state index contributed by atoms with van der Waals surface area (Å²) in [5, 5.41) is 13.3. The van der Waals surface area contributed by atoms with Crippen LogP contribution in [0, 0.1) is 5.41 Å². The highest BCUT2D eigenvalue weighted by molar-refractivity contribution is 14.0. The van der Waals surface area contributed by atoms with E-state index in [1.54, 1.807) is 19.2 Å². The lowest BCUT2D eigenvalue weighted by molar-refractivity contribution is -0.0667. The standard InChI is InChI=1S/C18H29N3O2.HI/c1-7-19-16(21-12-17(2,3)18(21,4)5)20-11-13-8-9-15(23-6)14(22)10-13;/h8-10,22H,7,11-12H2,1-6H3,(H,19,20);1H. The molecule has 1 heterocycles. The molecule has 6 heteroatoms. The number of aliphatic imine (C=N–C) groups is 1. The van der Waals surface area contributed by atoms with Crippen molar-refractivity contribution >= 4 is 29.9 Å². The first kappa shape index (κ1) is 20.9. The van der Waals surface area contributed by atoms with Gasteiger partial charge in [0.2, 0.25) is 0 Å². The Morgan fingerprint density at radius 3 is 2.46 bits per heavy atom. The molecule has 0 saturated carbocycles. The van der Waals surface area contributed by atoms with Gasteiger partial charge in [-0.3, -0.25) is 0 Å². The number of ether oxygens (including phenoxy) is 1. The summed E-state index contributed by atoms with van der Waals surface area (Å²) in [4.78, 5) is 7.06. The molecule has 0 bridgehead atoms. The van der Waals surface area contributed by atoms with E-state index < -0.39 is 0 Å². The molecule has 0 aromatic heterocycles. The SMILES string of the molecule is CCNC(=NCc1ccc(OC)c(O)c1)N1CC(C)(C)C1(C)C.I. The molecule has 2 rings (SSSR count). The summed E-state index contributed by atoms with van der Waals surface area (Å²) >= 11 is 0. The van der Waals surface area contributed by atoms with Crippen molar-refractivity contribution in [1.82, 2.24) is 10.2 Å². The van der Waals surface area contributed by atoms with Gasteiger partial charge in [0.05, 0.1) is 13.7 Å². The molecule has 0 spiro atoms. The molecule has 1 aliphatic heterocycles. The summed E-state index contributed by atoms with van der Waals surface area (Å²) in [6.07, 6.45) is 0. The minimum atomic E-state index is 0. The monoisotopic (exact) mass is 447 g/mol. The zero-order valence-corrected chi connectivity index (χ0v) is 17.8. The van der Waals surface area contributed by atoms with Gasteiger partial charge in [0, 0.05) is 24.0 Å². The number of rotatable bonds is 4. The second-order valence-corrected chi connectivity index (χ2v) is 7.21. The maximum atomic E-state index is 9.88. The summed E-state index contributed by atoms with van der Waals surface area (Å²) in [6.45, 7) is 13.5. The van der Waals surface area contributed by atoms with Gasteiger partial charge in [-0.15, -0.1) is 24.0 Å². The topological polar surface area (TPSA) is 57.1 Å². The molecule has 1 aromatic carbocycles. The van der Waals surface area contributed by atoms with Crippen LogP contribution in [-0.2, 0) is 6.54 Å². The highest BCUT2D eigenvalue weighted by atomic mass is 127. The number of methoxy groups -OCH3 is 1. The van der Waals surface area contributed by atoms with E-state index in [4.69, 9.17) is 9.73 Å². The average Bonchev–Trinajstić information content (AvgIpc) is 2.49. The lowest BCUT2D eigenvalue weighted by Crippen LogP contribution is -2.72. The lowest BCUT2D eigenvalue weighted by atomic mass is 9.65. The van der Waals surface area contributed by atoms with Gasteiger partial charge in [-0.05, 0) is 38.5 Å². The van der Waals surface area contributed by atoms with Crippen molar-refractivity contribution in [2.24, 2.45) is 10.4 Å². The molecule has 1 fully saturated rings. The van der Waals surface area contributed by atoms with E-state index in [1.807, 2.05) is 6.07 Å². The molecule has 0 atom stereocenters. The summed E-state index contributed by atoms with van der Waals surface area (Å²) in [6, 6.07) is 5.40. The number of likely N-dealkylation sites (tertiary alicyclic amines) is 1. The Bertz CT molecular complexity index is 600. The Balaban J connectivity index is 0.00000288. The molecule has 0 aliphatic carbocycles. The lowest BCUT2D eigenvalue weighted by Gasteiger charge is -2.62. The van der Waals surface area contributed by atoms with Gasteiger partial charge in [-0.1, -0.05) is 19.9 Å². The largest absolute Gasteiger partial charge is 0.504 e. The molecular weight excluding hydrogens is 417 g/mol. The highest BCUT2D eigenvalue weighted by Crippen LogP contribution is 2.46. The number of hydrogen-bond acceptors (Lipinski definition) is 3. The summed E-state index contributed by atoms with van der Waals surface area (Å²) < 4.78 is 5.07. The molecule has 0 amide bonds. The number of nitrogens with one attached hydrogen (secondary N) is 1. The summed E-state index contributed by atoms with van der Waals surface area (Å²) in [5.74, 6) is 1.55. The third-order valence-corrected chi connectivity index (χ3v) is 5.13. The molecule has 1 aromatic rings. The number of halogens is 1. The van der Waals surface area contributed by atoms with Gasteiger partial charge in [0.1, 0.15) is 0 Å². The smallest absolute Gasteiger partial charge is 0.194 e. The number of guanidine groups is 1. The number of phenolic OH excluding ortho intramolecular Hbond substituents is 1. The Morgan fingerprint density at radius 1 is 1.33 bits per heavy atom. The van der Waals surface area contributed by atoms with Gasteiger partial charge in [-0.25, -0.2) is 4.99 Å². The van der Waals surface area contributed by atoms with Gasteiger partial charge in [0.25, 0.3) is 0 Å². The van der Waals surface area contributed by atoms with Crippen LogP contribution < -0.4 is 10.1 Å². The van der Waals surface area contributed by atoms with Crippen molar-refractivity contribution in [2.45, 2.75) is 46.7 Å². The van der Waals surface area contributed by atoms with Crippen molar-refractivity contribution in [2.75, 3.05) is 20.2 Å². The van der Waals surface area contributed by atoms with E-state index in [0.717, 1.165) is 24.6 Å². The second-order valence-electron chi connectivity index (χ2n) is 7.21. The fraction of sp³-hybridized carbons (Fsp3) is 0.611.